The summed E-state index contributed by atoms with van der Waals surface area (Å²) in [7, 11) is 0. The first-order chi connectivity index (χ1) is 11.9. The first-order valence-electron chi connectivity index (χ1n) is 8.72. The molecular weight excluding hydrogens is 314 g/mol. The summed E-state index contributed by atoms with van der Waals surface area (Å²) in [6.07, 6.45) is 5.56. The van der Waals surface area contributed by atoms with E-state index in [4.69, 9.17) is 5.73 Å². The number of anilines is 1. The van der Waals surface area contributed by atoms with Gasteiger partial charge in [0.2, 0.25) is 5.91 Å². The van der Waals surface area contributed by atoms with Crippen LogP contribution in [0.2, 0.25) is 0 Å². The number of hydrogen-bond acceptors (Lipinski definition) is 4. The topological polar surface area (TPSA) is 79.4 Å². The van der Waals surface area contributed by atoms with Crippen molar-refractivity contribution < 1.29 is 9.90 Å². The van der Waals surface area contributed by atoms with Gasteiger partial charge in [-0.05, 0) is 42.7 Å². The van der Waals surface area contributed by atoms with Crippen LogP contribution in [-0.4, -0.2) is 29.1 Å². The van der Waals surface area contributed by atoms with Gasteiger partial charge in [0.25, 0.3) is 0 Å². The van der Waals surface area contributed by atoms with Gasteiger partial charge in [0, 0.05) is 36.2 Å². The van der Waals surface area contributed by atoms with Crippen molar-refractivity contribution in [2.75, 3.05) is 18.0 Å². The lowest BCUT2D eigenvalue weighted by atomic mass is 9.66. The second kappa shape index (κ2) is 5.56. The molecule has 3 unspecified atom stereocenters. The van der Waals surface area contributed by atoms with Crippen molar-refractivity contribution >= 4 is 11.6 Å². The molecule has 25 heavy (non-hydrogen) atoms. The minimum atomic E-state index is -0.947. The molecule has 4 rings (SSSR count). The summed E-state index contributed by atoms with van der Waals surface area (Å²) in [6, 6.07) is 11.2. The Bertz CT molecular complexity index is 810. The van der Waals surface area contributed by atoms with Crippen LogP contribution in [0.15, 0.2) is 48.8 Å². The third-order valence-corrected chi connectivity index (χ3v) is 6.13. The average molecular weight is 337 g/mol. The zero-order valence-corrected chi connectivity index (χ0v) is 14.4. The molecule has 2 fully saturated rings. The zero-order valence-electron chi connectivity index (χ0n) is 14.4. The summed E-state index contributed by atoms with van der Waals surface area (Å²) >= 11 is 0. The Hall–Kier alpha value is -2.40. The summed E-state index contributed by atoms with van der Waals surface area (Å²) in [5.74, 6) is -0.356. The van der Waals surface area contributed by atoms with Crippen molar-refractivity contribution in [3.05, 3.63) is 59.9 Å². The molecule has 5 nitrogen and oxygen atoms in total. The van der Waals surface area contributed by atoms with Gasteiger partial charge in [0.15, 0.2) is 0 Å². The van der Waals surface area contributed by atoms with Crippen molar-refractivity contribution in [3.63, 3.8) is 0 Å². The number of fused-ring (bicyclic) bond motifs is 2. The molecule has 1 aromatic heterocycles. The van der Waals surface area contributed by atoms with Crippen LogP contribution in [-0.2, 0) is 5.60 Å². The van der Waals surface area contributed by atoms with Crippen LogP contribution in [0.3, 0.4) is 0 Å². The lowest BCUT2D eigenvalue weighted by molar-refractivity contribution is -0.0993. The first kappa shape index (κ1) is 16.1. The first-order valence-corrected chi connectivity index (χ1v) is 8.72. The van der Waals surface area contributed by atoms with Gasteiger partial charge >= 0.3 is 0 Å². The molecule has 1 amide bonds. The predicted octanol–water partition coefficient (Wildman–Crippen LogP) is 2.30. The standard InChI is InChI=1S/C20H23N3O2/c1-19-8-7-16(12-23(13-19)17-6-3-9-22-11-17)20(19,25)15-5-2-4-14(10-15)18(21)24/h2-6,9-11,16,25H,7-8,12-13H2,1H3,(H2,21,24). The fourth-order valence-corrected chi connectivity index (χ4v) is 4.79. The molecule has 130 valence electrons. The fraction of sp³-hybridized carbons (Fsp3) is 0.400. The molecule has 3 atom stereocenters. The molecule has 3 N–H and O–H groups in total. The Morgan fingerprint density at radius 3 is 2.88 bits per heavy atom. The number of amides is 1. The van der Waals surface area contributed by atoms with Gasteiger partial charge in [-0.2, -0.15) is 0 Å². The van der Waals surface area contributed by atoms with Crippen LogP contribution in [0.1, 0.15) is 35.7 Å². The maximum atomic E-state index is 11.8. The van der Waals surface area contributed by atoms with E-state index in [1.165, 1.54) is 0 Å². The van der Waals surface area contributed by atoms with E-state index in [0.29, 0.717) is 5.56 Å². The molecule has 5 heteroatoms. The molecule has 0 spiro atoms. The number of primary amides is 1. The smallest absolute Gasteiger partial charge is 0.248 e. The number of nitrogens with zero attached hydrogens (tertiary/aromatic N) is 2. The number of aromatic nitrogens is 1. The molecule has 2 heterocycles. The van der Waals surface area contributed by atoms with Crippen molar-refractivity contribution in [3.8, 4) is 0 Å². The Morgan fingerprint density at radius 1 is 1.36 bits per heavy atom. The molecule has 1 saturated carbocycles. The number of benzene rings is 1. The van der Waals surface area contributed by atoms with Crippen molar-refractivity contribution in [2.24, 2.45) is 17.1 Å². The summed E-state index contributed by atoms with van der Waals surface area (Å²) in [5.41, 5.74) is 6.54. The number of hydrogen-bond donors (Lipinski definition) is 2. The van der Waals surface area contributed by atoms with E-state index < -0.39 is 11.5 Å². The van der Waals surface area contributed by atoms with Crippen molar-refractivity contribution in [1.82, 2.24) is 4.98 Å². The van der Waals surface area contributed by atoms with Crippen LogP contribution in [0.4, 0.5) is 5.69 Å². The highest BCUT2D eigenvalue weighted by molar-refractivity contribution is 5.93. The van der Waals surface area contributed by atoms with Crippen LogP contribution in [0, 0.1) is 11.3 Å². The van der Waals surface area contributed by atoms with E-state index in [0.717, 1.165) is 37.2 Å². The second-order valence-corrected chi connectivity index (χ2v) is 7.60. The summed E-state index contributed by atoms with van der Waals surface area (Å²) in [5, 5.41) is 11.8. The van der Waals surface area contributed by atoms with Crippen molar-refractivity contribution in [1.29, 1.82) is 0 Å². The molecule has 1 saturated heterocycles. The summed E-state index contributed by atoms with van der Waals surface area (Å²) < 4.78 is 0. The monoisotopic (exact) mass is 337 g/mol. The van der Waals surface area contributed by atoms with E-state index >= 15 is 0 Å². The third kappa shape index (κ3) is 2.34. The van der Waals surface area contributed by atoms with Gasteiger partial charge in [0.1, 0.15) is 5.60 Å². The quantitative estimate of drug-likeness (QED) is 0.901. The highest BCUT2D eigenvalue weighted by Gasteiger charge is 2.61. The highest BCUT2D eigenvalue weighted by atomic mass is 16.3. The molecule has 2 aromatic rings. The Balaban J connectivity index is 1.73. The predicted molar refractivity (Wildman–Crippen MR) is 96.1 cm³/mol. The van der Waals surface area contributed by atoms with Gasteiger partial charge in [-0.15, -0.1) is 0 Å². The lowest BCUT2D eigenvalue weighted by Gasteiger charge is -2.51. The van der Waals surface area contributed by atoms with Crippen molar-refractivity contribution in [2.45, 2.75) is 25.4 Å². The zero-order chi connectivity index (χ0) is 17.7. The molecule has 2 bridgehead atoms. The third-order valence-electron chi connectivity index (χ3n) is 6.13. The van der Waals surface area contributed by atoms with Gasteiger partial charge in [-0.3, -0.25) is 9.78 Å². The van der Waals surface area contributed by atoms with Crippen LogP contribution in [0.5, 0.6) is 0 Å². The fourth-order valence-electron chi connectivity index (χ4n) is 4.79. The van der Waals surface area contributed by atoms with E-state index in [1.807, 2.05) is 24.4 Å². The number of rotatable bonds is 3. The minimum absolute atomic E-state index is 0.106. The largest absolute Gasteiger partial charge is 0.384 e. The van der Waals surface area contributed by atoms with Crippen LogP contribution < -0.4 is 10.6 Å². The number of nitrogens with two attached hydrogens (primary N) is 1. The van der Waals surface area contributed by atoms with Gasteiger partial charge in [-0.1, -0.05) is 19.1 Å². The normalized spacial score (nSPS) is 31.1. The lowest BCUT2D eigenvalue weighted by Crippen LogP contribution is -2.57. The maximum Gasteiger partial charge on any atom is 0.248 e. The minimum Gasteiger partial charge on any atom is -0.384 e. The van der Waals surface area contributed by atoms with E-state index in [2.05, 4.69) is 22.9 Å². The molecule has 0 radical (unpaired) electrons. The van der Waals surface area contributed by atoms with Gasteiger partial charge in [0.05, 0.1) is 11.9 Å². The number of carbonyl (C=O) groups is 1. The number of aliphatic hydroxyl groups is 1. The van der Waals surface area contributed by atoms with E-state index in [-0.39, 0.29) is 11.3 Å². The number of carbonyl (C=O) groups excluding carboxylic acids is 1. The summed E-state index contributed by atoms with van der Waals surface area (Å²) in [6.45, 7) is 3.68. The highest BCUT2D eigenvalue weighted by Crippen LogP contribution is 2.59. The van der Waals surface area contributed by atoms with Gasteiger partial charge in [-0.25, -0.2) is 0 Å². The van der Waals surface area contributed by atoms with E-state index in [9.17, 15) is 9.90 Å². The Morgan fingerprint density at radius 2 is 2.20 bits per heavy atom. The second-order valence-electron chi connectivity index (χ2n) is 7.60. The number of piperidine rings is 1. The number of pyridine rings is 1. The molecular formula is C20H23N3O2. The SMILES string of the molecule is CC12CCC(CN(c3cccnc3)C1)C2(O)c1cccc(C(N)=O)c1. The molecule has 1 aliphatic carbocycles. The Kier molecular flexibility index (Phi) is 3.58. The summed E-state index contributed by atoms with van der Waals surface area (Å²) in [4.78, 5) is 18.1. The molecule has 1 aromatic carbocycles. The Labute approximate surface area is 147 Å². The van der Waals surface area contributed by atoms with E-state index in [1.54, 1.807) is 18.3 Å². The average Bonchev–Trinajstić information content (AvgIpc) is 2.77. The van der Waals surface area contributed by atoms with Gasteiger partial charge < -0.3 is 15.7 Å². The maximum absolute atomic E-state index is 11.8. The van der Waals surface area contributed by atoms with Crippen LogP contribution >= 0.6 is 0 Å². The van der Waals surface area contributed by atoms with Crippen LogP contribution in [0.25, 0.3) is 0 Å². The molecule has 2 aliphatic rings. The molecule has 1 aliphatic heterocycles.